The second-order valence-electron chi connectivity index (χ2n) is 9.24. The molecular weight excluding hydrogens is 392 g/mol. The fourth-order valence-electron chi connectivity index (χ4n) is 5.17. The molecule has 1 N–H and O–H groups in total. The van der Waals surface area contributed by atoms with Gasteiger partial charge in [-0.1, -0.05) is 13.3 Å². The van der Waals surface area contributed by atoms with Crippen molar-refractivity contribution < 1.29 is 13.9 Å². The smallest absolute Gasteiger partial charge is 0.336 e. The predicted octanol–water partition coefficient (Wildman–Crippen LogP) is 3.81. The lowest BCUT2D eigenvalue weighted by Gasteiger charge is -2.44. The normalized spacial score (nSPS) is 19.5. The van der Waals surface area contributed by atoms with Gasteiger partial charge in [0.15, 0.2) is 6.10 Å². The lowest BCUT2D eigenvalue weighted by molar-refractivity contribution is -0.140. The van der Waals surface area contributed by atoms with E-state index < -0.39 is 6.10 Å². The molecule has 1 aromatic heterocycles. The maximum Gasteiger partial charge on any atom is 0.336 e. The number of hydrogen-bond donors (Lipinski definition) is 1. The van der Waals surface area contributed by atoms with Gasteiger partial charge in [0.05, 0.1) is 0 Å². The fraction of sp³-hybridized carbons (Fsp3) is 0.600. The zero-order chi connectivity index (χ0) is 22.0. The number of ether oxygens (including phenoxy) is 1. The molecule has 1 unspecified atom stereocenters. The molecule has 168 valence electrons. The Labute approximate surface area is 183 Å². The fourth-order valence-corrected chi connectivity index (χ4v) is 5.17. The minimum atomic E-state index is -0.580. The second-order valence-corrected chi connectivity index (χ2v) is 9.24. The summed E-state index contributed by atoms with van der Waals surface area (Å²) in [5.74, 6) is 0.626. The van der Waals surface area contributed by atoms with Gasteiger partial charge >= 0.3 is 5.63 Å². The molecule has 31 heavy (non-hydrogen) atoms. The SMILES string of the molecule is CCCc1cc(=O)oc2c(C)c(OC(C)C(=O)N3CCC4(CCNCC4)CC3)ccc12. The number of benzene rings is 1. The van der Waals surface area contributed by atoms with Gasteiger partial charge in [-0.05, 0) is 82.2 Å². The number of hydrogen-bond acceptors (Lipinski definition) is 5. The zero-order valence-corrected chi connectivity index (χ0v) is 19.0. The number of amides is 1. The van der Waals surface area contributed by atoms with Crippen LogP contribution in [0, 0.1) is 12.3 Å². The highest BCUT2D eigenvalue weighted by Crippen LogP contribution is 2.39. The molecule has 0 radical (unpaired) electrons. The number of likely N-dealkylation sites (tertiary alicyclic amines) is 1. The molecule has 1 aromatic carbocycles. The van der Waals surface area contributed by atoms with Crippen molar-refractivity contribution in [3.8, 4) is 5.75 Å². The summed E-state index contributed by atoms with van der Waals surface area (Å²) < 4.78 is 11.6. The number of nitrogens with zero attached hydrogens (tertiary/aromatic N) is 1. The van der Waals surface area contributed by atoms with Gasteiger partial charge in [-0.3, -0.25) is 4.79 Å². The summed E-state index contributed by atoms with van der Waals surface area (Å²) in [7, 11) is 0. The molecule has 4 rings (SSSR count). The van der Waals surface area contributed by atoms with Crippen molar-refractivity contribution in [2.24, 2.45) is 5.41 Å². The molecule has 2 saturated heterocycles. The largest absolute Gasteiger partial charge is 0.480 e. The molecule has 2 aliphatic rings. The first-order valence-electron chi connectivity index (χ1n) is 11.6. The lowest BCUT2D eigenvalue weighted by Crippen LogP contribution is -2.50. The van der Waals surface area contributed by atoms with E-state index in [1.807, 2.05) is 30.9 Å². The Hall–Kier alpha value is -2.34. The molecule has 0 aliphatic carbocycles. The first-order valence-corrected chi connectivity index (χ1v) is 11.6. The van der Waals surface area contributed by atoms with Crippen LogP contribution in [0.4, 0.5) is 0 Å². The van der Waals surface area contributed by atoms with Crippen LogP contribution in [-0.2, 0) is 11.2 Å². The first-order chi connectivity index (χ1) is 14.9. The molecule has 2 aliphatic heterocycles. The molecule has 0 bridgehead atoms. The predicted molar refractivity (Wildman–Crippen MR) is 122 cm³/mol. The lowest BCUT2D eigenvalue weighted by atomic mass is 9.71. The van der Waals surface area contributed by atoms with Crippen molar-refractivity contribution >= 4 is 16.9 Å². The van der Waals surface area contributed by atoms with E-state index in [2.05, 4.69) is 12.2 Å². The van der Waals surface area contributed by atoms with Crippen LogP contribution in [-0.4, -0.2) is 43.1 Å². The minimum absolute atomic E-state index is 0.0319. The van der Waals surface area contributed by atoms with Crippen LogP contribution < -0.4 is 15.7 Å². The van der Waals surface area contributed by atoms with E-state index in [0.717, 1.165) is 68.4 Å². The average molecular weight is 427 g/mol. The van der Waals surface area contributed by atoms with E-state index in [4.69, 9.17) is 9.15 Å². The molecule has 1 spiro atoms. The molecule has 2 fully saturated rings. The van der Waals surface area contributed by atoms with Gasteiger partial charge in [0.25, 0.3) is 5.91 Å². The summed E-state index contributed by atoms with van der Waals surface area (Å²) in [5, 5.41) is 4.38. The van der Waals surface area contributed by atoms with Crippen molar-refractivity contribution in [2.75, 3.05) is 26.2 Å². The van der Waals surface area contributed by atoms with Crippen LogP contribution in [0.3, 0.4) is 0 Å². The third-order valence-electron chi connectivity index (χ3n) is 7.17. The molecular formula is C25H34N2O4. The number of piperidine rings is 2. The minimum Gasteiger partial charge on any atom is -0.480 e. The first kappa shape index (κ1) is 21.9. The molecule has 2 aromatic rings. The Bertz CT molecular complexity index is 996. The van der Waals surface area contributed by atoms with Gasteiger partial charge < -0.3 is 19.4 Å². The third kappa shape index (κ3) is 4.49. The van der Waals surface area contributed by atoms with Crippen LogP contribution in [0.2, 0.25) is 0 Å². The Morgan fingerprint density at radius 1 is 1.23 bits per heavy atom. The van der Waals surface area contributed by atoms with Crippen molar-refractivity contribution in [3.63, 3.8) is 0 Å². The van der Waals surface area contributed by atoms with Crippen LogP contribution in [0.15, 0.2) is 27.4 Å². The van der Waals surface area contributed by atoms with Gasteiger partial charge in [0.1, 0.15) is 11.3 Å². The third-order valence-corrected chi connectivity index (χ3v) is 7.17. The summed E-state index contributed by atoms with van der Waals surface area (Å²) in [6, 6.07) is 5.40. The van der Waals surface area contributed by atoms with Crippen LogP contribution in [0.25, 0.3) is 11.0 Å². The summed E-state index contributed by atoms with van der Waals surface area (Å²) in [6.07, 6.45) is 5.77. The van der Waals surface area contributed by atoms with Gasteiger partial charge in [-0.15, -0.1) is 0 Å². The molecule has 6 nitrogen and oxygen atoms in total. The summed E-state index contributed by atoms with van der Waals surface area (Å²) in [5.41, 5.74) is 2.38. The number of carbonyl (C=O) groups excluding carboxylic acids is 1. The Kier molecular flexibility index (Phi) is 6.37. The maximum atomic E-state index is 13.1. The summed E-state index contributed by atoms with van der Waals surface area (Å²) in [4.78, 5) is 27.0. The Morgan fingerprint density at radius 2 is 1.94 bits per heavy atom. The van der Waals surface area contributed by atoms with Gasteiger partial charge in [-0.2, -0.15) is 0 Å². The highest BCUT2D eigenvalue weighted by molar-refractivity contribution is 5.85. The van der Waals surface area contributed by atoms with Crippen molar-refractivity contribution in [1.82, 2.24) is 10.2 Å². The van der Waals surface area contributed by atoms with E-state index in [0.29, 0.717) is 16.7 Å². The number of aryl methyl sites for hydroxylation is 2. The van der Waals surface area contributed by atoms with Gasteiger partial charge in [-0.25, -0.2) is 4.79 Å². The molecule has 0 saturated carbocycles. The summed E-state index contributed by atoms with van der Waals surface area (Å²) in [6.45, 7) is 9.57. The standard InChI is InChI=1S/C25H34N2O4/c1-4-5-19-16-22(28)31-23-17(2)21(7-6-20(19)23)30-18(3)24(29)27-14-10-25(11-15-27)8-12-26-13-9-25/h6-7,16,18,26H,4-5,8-15H2,1-3H3. The molecule has 3 heterocycles. The van der Waals surface area contributed by atoms with E-state index in [9.17, 15) is 9.59 Å². The van der Waals surface area contributed by atoms with Crippen LogP contribution in [0.5, 0.6) is 5.75 Å². The zero-order valence-electron chi connectivity index (χ0n) is 19.0. The van der Waals surface area contributed by atoms with Gasteiger partial charge in [0, 0.05) is 30.1 Å². The highest BCUT2D eigenvalue weighted by atomic mass is 16.5. The van der Waals surface area contributed by atoms with Crippen LogP contribution >= 0.6 is 0 Å². The number of carbonyl (C=O) groups is 1. The number of nitrogens with one attached hydrogen (secondary N) is 1. The van der Waals surface area contributed by atoms with E-state index in [-0.39, 0.29) is 11.5 Å². The molecule has 6 heteroatoms. The van der Waals surface area contributed by atoms with Crippen molar-refractivity contribution in [1.29, 1.82) is 0 Å². The quantitative estimate of drug-likeness (QED) is 0.736. The monoisotopic (exact) mass is 426 g/mol. The average Bonchev–Trinajstić information content (AvgIpc) is 2.77. The van der Waals surface area contributed by atoms with Crippen molar-refractivity contribution in [2.45, 2.75) is 65.4 Å². The van der Waals surface area contributed by atoms with E-state index in [1.165, 1.54) is 12.8 Å². The van der Waals surface area contributed by atoms with E-state index >= 15 is 0 Å². The van der Waals surface area contributed by atoms with Gasteiger partial charge in [0.2, 0.25) is 0 Å². The molecule has 1 atom stereocenters. The Balaban J connectivity index is 1.47. The summed E-state index contributed by atoms with van der Waals surface area (Å²) >= 11 is 0. The van der Waals surface area contributed by atoms with E-state index in [1.54, 1.807) is 6.07 Å². The molecule has 1 amide bonds. The topological polar surface area (TPSA) is 71.8 Å². The second kappa shape index (κ2) is 9.03. The Morgan fingerprint density at radius 3 is 2.61 bits per heavy atom. The highest BCUT2D eigenvalue weighted by Gasteiger charge is 2.37. The maximum absolute atomic E-state index is 13.1. The van der Waals surface area contributed by atoms with Crippen molar-refractivity contribution in [3.05, 3.63) is 39.7 Å². The number of rotatable bonds is 5. The van der Waals surface area contributed by atoms with Crippen LogP contribution in [0.1, 0.15) is 57.1 Å². The number of fused-ring (bicyclic) bond motifs is 1.